The van der Waals surface area contributed by atoms with Gasteiger partial charge in [0, 0.05) is 36.7 Å². The summed E-state index contributed by atoms with van der Waals surface area (Å²) in [7, 11) is 2.19. The van der Waals surface area contributed by atoms with Gasteiger partial charge < -0.3 is 9.80 Å². The van der Waals surface area contributed by atoms with E-state index in [2.05, 4.69) is 30.1 Å². The molecule has 2 aliphatic heterocycles. The third-order valence-electron chi connectivity index (χ3n) is 4.53. The smallest absolute Gasteiger partial charge is 0.253 e. The van der Waals surface area contributed by atoms with E-state index in [0.717, 1.165) is 36.7 Å². The molecule has 0 N–H and O–H groups in total. The van der Waals surface area contributed by atoms with Crippen molar-refractivity contribution in [3.8, 4) is 0 Å². The number of rotatable bonds is 2. The van der Waals surface area contributed by atoms with E-state index >= 15 is 0 Å². The Morgan fingerprint density at radius 3 is 2.81 bits per heavy atom. The first-order valence-corrected chi connectivity index (χ1v) is 9.05. The molecule has 1 atom stereocenters. The summed E-state index contributed by atoms with van der Waals surface area (Å²) in [5.41, 5.74) is 2.20. The van der Waals surface area contributed by atoms with Gasteiger partial charge in [-0.1, -0.05) is 12.1 Å². The van der Waals surface area contributed by atoms with Gasteiger partial charge in [-0.05, 0) is 50.0 Å². The topological polar surface area (TPSA) is 23.6 Å². The molecule has 0 radical (unpaired) electrons. The lowest BCUT2D eigenvalue weighted by atomic mass is 9.90. The van der Waals surface area contributed by atoms with E-state index < -0.39 is 0 Å². The quantitative estimate of drug-likeness (QED) is 0.839. The van der Waals surface area contributed by atoms with Crippen molar-refractivity contribution in [3.63, 3.8) is 0 Å². The first kappa shape index (κ1) is 14.9. The molecule has 2 aliphatic rings. The lowest BCUT2D eigenvalue weighted by Gasteiger charge is -2.30. The molecule has 21 heavy (non-hydrogen) atoms. The number of carbonyl (C=O) groups is 1. The fourth-order valence-electron chi connectivity index (χ4n) is 3.31. The molecular weight excluding hydrogens is 280 g/mol. The molecule has 2 fully saturated rings. The molecule has 2 heterocycles. The highest BCUT2D eigenvalue weighted by Gasteiger charge is 2.22. The van der Waals surface area contributed by atoms with Crippen LogP contribution in [-0.2, 0) is 0 Å². The number of benzene rings is 1. The highest BCUT2D eigenvalue weighted by molar-refractivity contribution is 7.99. The summed E-state index contributed by atoms with van der Waals surface area (Å²) in [4.78, 5) is 17.0. The van der Waals surface area contributed by atoms with Crippen LogP contribution in [0.15, 0.2) is 24.3 Å². The third kappa shape index (κ3) is 3.61. The minimum atomic E-state index is 0.210. The molecule has 1 aromatic rings. The molecule has 1 aromatic carbocycles. The standard InChI is InChI=1S/C17H24N2OS/c1-18-7-3-6-16(13-18)14-4-2-5-15(12-14)17(20)19-8-10-21-11-9-19/h2,4-5,12,16H,3,6-11,13H2,1H3. The fraction of sp³-hybridized carbons (Fsp3) is 0.588. The first-order valence-electron chi connectivity index (χ1n) is 7.89. The van der Waals surface area contributed by atoms with Gasteiger partial charge >= 0.3 is 0 Å². The number of piperidine rings is 1. The number of nitrogens with zero attached hydrogens (tertiary/aromatic N) is 2. The number of amides is 1. The van der Waals surface area contributed by atoms with Gasteiger partial charge in [-0.15, -0.1) is 0 Å². The average Bonchev–Trinajstić information content (AvgIpc) is 2.55. The zero-order chi connectivity index (χ0) is 14.7. The van der Waals surface area contributed by atoms with E-state index in [-0.39, 0.29) is 5.91 Å². The van der Waals surface area contributed by atoms with Crippen LogP contribution in [0.2, 0.25) is 0 Å². The summed E-state index contributed by atoms with van der Waals surface area (Å²) >= 11 is 1.94. The van der Waals surface area contributed by atoms with Gasteiger partial charge in [0.25, 0.3) is 5.91 Å². The predicted molar refractivity (Wildman–Crippen MR) is 89.1 cm³/mol. The zero-order valence-electron chi connectivity index (χ0n) is 12.8. The molecular formula is C17H24N2OS. The van der Waals surface area contributed by atoms with E-state index in [0.29, 0.717) is 5.92 Å². The van der Waals surface area contributed by atoms with Crippen molar-refractivity contribution >= 4 is 17.7 Å². The molecule has 0 spiro atoms. The number of likely N-dealkylation sites (N-methyl/N-ethyl adjacent to an activating group) is 1. The van der Waals surface area contributed by atoms with Gasteiger partial charge in [0.15, 0.2) is 0 Å². The second-order valence-corrected chi connectivity index (χ2v) is 7.36. The summed E-state index contributed by atoms with van der Waals surface area (Å²) in [6.07, 6.45) is 2.49. The van der Waals surface area contributed by atoms with Crippen molar-refractivity contribution < 1.29 is 4.79 Å². The van der Waals surface area contributed by atoms with Crippen molar-refractivity contribution in [1.82, 2.24) is 9.80 Å². The summed E-state index contributed by atoms with van der Waals surface area (Å²) in [6.45, 7) is 4.08. The maximum atomic E-state index is 12.6. The van der Waals surface area contributed by atoms with Gasteiger partial charge in [0.2, 0.25) is 0 Å². The van der Waals surface area contributed by atoms with Crippen LogP contribution in [0.4, 0.5) is 0 Å². The molecule has 114 valence electrons. The van der Waals surface area contributed by atoms with Gasteiger partial charge in [-0.25, -0.2) is 0 Å². The van der Waals surface area contributed by atoms with Crippen LogP contribution in [0, 0.1) is 0 Å². The molecule has 4 heteroatoms. The summed E-state index contributed by atoms with van der Waals surface area (Å²) < 4.78 is 0. The molecule has 1 amide bonds. The second-order valence-electron chi connectivity index (χ2n) is 6.13. The molecule has 2 saturated heterocycles. The van der Waals surface area contributed by atoms with E-state index in [4.69, 9.17) is 0 Å². The lowest BCUT2D eigenvalue weighted by molar-refractivity contribution is 0.0772. The van der Waals surface area contributed by atoms with Gasteiger partial charge in [-0.3, -0.25) is 4.79 Å². The van der Waals surface area contributed by atoms with Crippen molar-refractivity contribution in [2.24, 2.45) is 0 Å². The maximum absolute atomic E-state index is 12.6. The minimum absolute atomic E-state index is 0.210. The number of likely N-dealkylation sites (tertiary alicyclic amines) is 1. The zero-order valence-corrected chi connectivity index (χ0v) is 13.6. The fourth-order valence-corrected chi connectivity index (χ4v) is 4.22. The average molecular weight is 304 g/mol. The van der Waals surface area contributed by atoms with Crippen LogP contribution in [0.3, 0.4) is 0 Å². The Kier molecular flexibility index (Phi) is 4.86. The van der Waals surface area contributed by atoms with Crippen LogP contribution in [0.5, 0.6) is 0 Å². The van der Waals surface area contributed by atoms with Gasteiger partial charge in [0.05, 0.1) is 0 Å². The Morgan fingerprint density at radius 2 is 2.05 bits per heavy atom. The SMILES string of the molecule is CN1CCCC(c2cccc(C(=O)N3CCSCC3)c2)C1. The van der Waals surface area contributed by atoms with E-state index in [1.165, 1.54) is 24.9 Å². The van der Waals surface area contributed by atoms with Crippen molar-refractivity contribution in [2.75, 3.05) is 44.7 Å². The Hall–Kier alpha value is -1.00. The molecule has 0 saturated carbocycles. The number of thioether (sulfide) groups is 1. The normalized spacial score (nSPS) is 24.0. The lowest BCUT2D eigenvalue weighted by Crippen LogP contribution is -2.38. The van der Waals surface area contributed by atoms with E-state index in [9.17, 15) is 4.79 Å². The molecule has 3 rings (SSSR count). The summed E-state index contributed by atoms with van der Waals surface area (Å²) in [6, 6.07) is 8.34. The Morgan fingerprint density at radius 1 is 1.24 bits per heavy atom. The molecule has 3 nitrogen and oxygen atoms in total. The van der Waals surface area contributed by atoms with Crippen molar-refractivity contribution in [2.45, 2.75) is 18.8 Å². The van der Waals surface area contributed by atoms with E-state index in [1.807, 2.05) is 22.7 Å². The maximum Gasteiger partial charge on any atom is 0.253 e. The van der Waals surface area contributed by atoms with Crippen LogP contribution in [0.25, 0.3) is 0 Å². The Labute approximate surface area is 131 Å². The van der Waals surface area contributed by atoms with Gasteiger partial charge in [0.1, 0.15) is 0 Å². The number of hydrogen-bond acceptors (Lipinski definition) is 3. The van der Waals surface area contributed by atoms with Crippen LogP contribution >= 0.6 is 11.8 Å². The molecule has 0 aromatic heterocycles. The highest BCUT2D eigenvalue weighted by Crippen LogP contribution is 2.27. The molecule has 0 aliphatic carbocycles. The number of carbonyl (C=O) groups excluding carboxylic acids is 1. The van der Waals surface area contributed by atoms with Gasteiger partial charge in [-0.2, -0.15) is 11.8 Å². The summed E-state index contributed by atoms with van der Waals surface area (Å²) in [5.74, 6) is 2.92. The Balaban J connectivity index is 1.74. The summed E-state index contributed by atoms with van der Waals surface area (Å²) in [5, 5.41) is 0. The van der Waals surface area contributed by atoms with Crippen LogP contribution in [0.1, 0.15) is 34.7 Å². The van der Waals surface area contributed by atoms with Crippen molar-refractivity contribution in [1.29, 1.82) is 0 Å². The monoisotopic (exact) mass is 304 g/mol. The predicted octanol–water partition coefficient (Wildman–Crippen LogP) is 2.68. The Bertz CT molecular complexity index is 499. The second kappa shape index (κ2) is 6.84. The largest absolute Gasteiger partial charge is 0.337 e. The number of hydrogen-bond donors (Lipinski definition) is 0. The molecule has 0 bridgehead atoms. The minimum Gasteiger partial charge on any atom is -0.337 e. The van der Waals surface area contributed by atoms with E-state index in [1.54, 1.807) is 0 Å². The highest BCUT2D eigenvalue weighted by atomic mass is 32.2. The van der Waals surface area contributed by atoms with Crippen molar-refractivity contribution in [3.05, 3.63) is 35.4 Å². The van der Waals surface area contributed by atoms with Crippen LogP contribution in [-0.4, -0.2) is 60.4 Å². The molecule has 1 unspecified atom stereocenters. The first-order chi connectivity index (χ1) is 10.2. The third-order valence-corrected chi connectivity index (χ3v) is 5.47. The van der Waals surface area contributed by atoms with Crippen LogP contribution < -0.4 is 0 Å².